The molecular formula is C27H26N6O2S. The summed E-state index contributed by atoms with van der Waals surface area (Å²) in [6.07, 6.45) is 6.00. The molecule has 1 spiro atoms. The molecule has 0 bridgehead atoms. The van der Waals surface area contributed by atoms with E-state index >= 15 is 0 Å². The van der Waals surface area contributed by atoms with Crippen LogP contribution in [0.2, 0.25) is 0 Å². The molecule has 4 heterocycles. The van der Waals surface area contributed by atoms with E-state index in [0.29, 0.717) is 16.6 Å². The molecule has 0 radical (unpaired) electrons. The summed E-state index contributed by atoms with van der Waals surface area (Å²) in [6.45, 7) is 5.16. The Hall–Kier alpha value is -3.98. The van der Waals surface area contributed by atoms with Crippen molar-refractivity contribution in [3.63, 3.8) is 0 Å². The van der Waals surface area contributed by atoms with Crippen molar-refractivity contribution in [1.82, 2.24) is 19.4 Å². The van der Waals surface area contributed by atoms with Crippen LogP contribution in [-0.4, -0.2) is 44.3 Å². The van der Waals surface area contributed by atoms with Crippen LogP contribution in [0.3, 0.4) is 0 Å². The summed E-state index contributed by atoms with van der Waals surface area (Å²) in [5.74, 6) is 0.829. The predicted octanol–water partition coefficient (Wildman–Crippen LogP) is 4.73. The first-order valence-electron chi connectivity index (χ1n) is 12.0. The van der Waals surface area contributed by atoms with Crippen LogP contribution in [-0.2, 0) is 4.79 Å². The molecule has 36 heavy (non-hydrogen) atoms. The number of aromatic nitrogens is 3. The first-order chi connectivity index (χ1) is 17.4. The summed E-state index contributed by atoms with van der Waals surface area (Å²) in [5.41, 5.74) is 8.60. The molecule has 0 atom stereocenters. The van der Waals surface area contributed by atoms with E-state index in [0.717, 1.165) is 53.8 Å². The number of carbonyl (C=O) groups is 2. The number of nitrogens with one attached hydrogen (secondary N) is 1. The third-order valence-corrected chi connectivity index (χ3v) is 8.48. The van der Waals surface area contributed by atoms with Crippen LogP contribution in [0.5, 0.6) is 0 Å². The number of fused-ring (bicyclic) bond motifs is 1. The molecule has 9 heteroatoms. The third-order valence-electron chi connectivity index (χ3n) is 7.35. The highest BCUT2D eigenvalue weighted by Crippen LogP contribution is 2.55. The fourth-order valence-corrected chi connectivity index (χ4v) is 6.43. The van der Waals surface area contributed by atoms with E-state index in [1.807, 2.05) is 47.4 Å². The average molecular weight is 499 g/mol. The van der Waals surface area contributed by atoms with Crippen molar-refractivity contribution in [2.24, 2.45) is 5.41 Å². The zero-order chi connectivity index (χ0) is 24.9. The Kier molecular flexibility index (Phi) is 5.37. The normalized spacial score (nSPS) is 21.0. The Morgan fingerprint density at radius 2 is 2.00 bits per heavy atom. The van der Waals surface area contributed by atoms with Gasteiger partial charge >= 0.3 is 0 Å². The Morgan fingerprint density at radius 3 is 2.78 bits per heavy atom. The zero-order valence-corrected chi connectivity index (χ0v) is 20.5. The number of amides is 2. The van der Waals surface area contributed by atoms with Crippen LogP contribution < -0.4 is 11.1 Å². The number of imidazole rings is 1. The van der Waals surface area contributed by atoms with Gasteiger partial charge in [0.15, 0.2) is 0 Å². The highest BCUT2D eigenvalue weighted by molar-refractivity contribution is 7.17. The minimum absolute atomic E-state index is 0.00132. The number of nitrogens with two attached hydrogens (primary N) is 1. The molecule has 4 aromatic rings. The molecule has 3 N–H and O–H groups in total. The monoisotopic (exact) mass is 498 g/mol. The maximum absolute atomic E-state index is 13.2. The maximum Gasteiger partial charge on any atom is 0.268 e. The van der Waals surface area contributed by atoms with Crippen LogP contribution in [0.25, 0.3) is 21.5 Å². The van der Waals surface area contributed by atoms with Crippen molar-refractivity contribution in [2.45, 2.75) is 25.3 Å². The Bertz CT molecular complexity index is 1480. The smallest absolute Gasteiger partial charge is 0.268 e. The Balaban J connectivity index is 1.24. The van der Waals surface area contributed by atoms with E-state index in [9.17, 15) is 9.59 Å². The van der Waals surface area contributed by atoms with Crippen molar-refractivity contribution in [3.8, 4) is 10.4 Å². The number of likely N-dealkylation sites (tertiary alicyclic amines) is 1. The van der Waals surface area contributed by atoms with Gasteiger partial charge in [-0.3, -0.25) is 14.9 Å². The number of thiophene rings is 1. The molecule has 1 aromatic carbocycles. The van der Waals surface area contributed by atoms with E-state index in [1.54, 1.807) is 12.3 Å². The van der Waals surface area contributed by atoms with Gasteiger partial charge in [0, 0.05) is 35.8 Å². The summed E-state index contributed by atoms with van der Waals surface area (Å²) in [4.78, 5) is 37.6. The van der Waals surface area contributed by atoms with Crippen LogP contribution in [0, 0.1) is 5.41 Å². The van der Waals surface area contributed by atoms with Crippen LogP contribution >= 0.6 is 11.3 Å². The van der Waals surface area contributed by atoms with Gasteiger partial charge in [-0.15, -0.1) is 11.3 Å². The van der Waals surface area contributed by atoms with Crippen LogP contribution in [0.4, 0.5) is 11.8 Å². The lowest BCUT2D eigenvalue weighted by atomic mass is 9.65. The third kappa shape index (κ3) is 3.85. The van der Waals surface area contributed by atoms with E-state index in [1.165, 1.54) is 17.4 Å². The van der Waals surface area contributed by atoms with E-state index in [4.69, 9.17) is 10.7 Å². The molecule has 1 aliphatic carbocycles. The molecule has 0 unspecified atom stereocenters. The highest BCUT2D eigenvalue weighted by atomic mass is 32.1. The fraction of sp³-hybridized carbons (Fsp3) is 0.259. The number of anilines is 2. The summed E-state index contributed by atoms with van der Waals surface area (Å²) in [5, 5.41) is 3.06. The van der Waals surface area contributed by atoms with Crippen LogP contribution in [0.15, 0.2) is 67.4 Å². The molecule has 1 saturated heterocycles. The minimum Gasteiger partial charge on any atom is -0.384 e. The van der Waals surface area contributed by atoms with E-state index in [2.05, 4.69) is 21.4 Å². The number of benzene rings is 1. The van der Waals surface area contributed by atoms with Crippen LogP contribution in [0.1, 0.15) is 35.0 Å². The fourth-order valence-electron chi connectivity index (χ4n) is 5.54. The second-order valence-electron chi connectivity index (χ2n) is 9.66. The van der Waals surface area contributed by atoms with Gasteiger partial charge in [0.25, 0.3) is 5.91 Å². The summed E-state index contributed by atoms with van der Waals surface area (Å²) >= 11 is 1.40. The topological polar surface area (TPSA) is 106 Å². The van der Waals surface area contributed by atoms with Gasteiger partial charge in [-0.25, -0.2) is 9.97 Å². The van der Waals surface area contributed by atoms with Gasteiger partial charge in [0.1, 0.15) is 5.82 Å². The van der Waals surface area contributed by atoms with Gasteiger partial charge in [0.05, 0.1) is 15.9 Å². The van der Waals surface area contributed by atoms with Gasteiger partial charge < -0.3 is 15.2 Å². The second kappa shape index (κ2) is 8.60. The minimum atomic E-state index is -0.191. The van der Waals surface area contributed by atoms with Gasteiger partial charge in [-0.1, -0.05) is 18.7 Å². The quantitative estimate of drug-likeness (QED) is 0.387. The number of hydrogen-bond acceptors (Lipinski definition) is 6. The molecule has 2 amide bonds. The Morgan fingerprint density at radius 1 is 1.17 bits per heavy atom. The zero-order valence-electron chi connectivity index (χ0n) is 19.7. The van der Waals surface area contributed by atoms with E-state index < -0.39 is 0 Å². The molecular weight excluding hydrogens is 472 g/mol. The van der Waals surface area contributed by atoms with Gasteiger partial charge in [-0.05, 0) is 67.2 Å². The van der Waals surface area contributed by atoms with Crippen molar-refractivity contribution >= 4 is 46.0 Å². The largest absolute Gasteiger partial charge is 0.384 e. The van der Waals surface area contributed by atoms with E-state index in [-0.39, 0.29) is 23.3 Å². The molecule has 8 nitrogen and oxygen atoms in total. The summed E-state index contributed by atoms with van der Waals surface area (Å²) in [7, 11) is 0. The van der Waals surface area contributed by atoms with Crippen molar-refractivity contribution in [2.75, 3.05) is 24.1 Å². The summed E-state index contributed by atoms with van der Waals surface area (Å²) < 4.78 is 2.16. The number of para-hydroxylation sites is 2. The maximum atomic E-state index is 13.2. The highest BCUT2D eigenvalue weighted by Gasteiger charge is 2.50. The molecule has 182 valence electrons. The lowest BCUT2D eigenvalue weighted by Gasteiger charge is -2.46. The predicted molar refractivity (Wildman–Crippen MR) is 142 cm³/mol. The summed E-state index contributed by atoms with van der Waals surface area (Å²) in [6, 6.07) is 15.6. The lowest BCUT2D eigenvalue weighted by Crippen LogP contribution is -2.42. The standard InChI is InChI=1S/C27H26N6O2S/c1-2-24(34)32-12-11-27(16-32)13-18(14-27)33-20-6-4-3-5-19(20)30-26(33)31-25(35)22-9-8-21(36-22)17-7-10-23(28)29-15-17/h2-10,15,18H,1,11-14,16H2,(H2,28,29)(H,30,31,35)/t18-,27-. The molecule has 2 aliphatic rings. The number of carbonyl (C=O) groups excluding carboxylic acids is 2. The molecule has 1 aliphatic heterocycles. The Labute approximate surface area is 212 Å². The van der Waals surface area contributed by atoms with Crippen molar-refractivity contribution in [1.29, 1.82) is 0 Å². The first kappa shape index (κ1) is 22.5. The molecule has 1 saturated carbocycles. The van der Waals surface area contributed by atoms with Crippen molar-refractivity contribution < 1.29 is 9.59 Å². The molecule has 6 rings (SSSR count). The van der Waals surface area contributed by atoms with Gasteiger partial charge in [-0.2, -0.15) is 0 Å². The number of hydrogen-bond donors (Lipinski definition) is 2. The SMILES string of the molecule is C=CC(=O)N1CC[C@]2(C1)C[C@H](n1c(NC(=O)c3ccc(-c4ccc(N)nc4)s3)nc3ccccc31)C2. The first-order valence-corrected chi connectivity index (χ1v) is 12.8. The average Bonchev–Trinajstić information content (AvgIpc) is 3.60. The van der Waals surface area contributed by atoms with Gasteiger partial charge in [0.2, 0.25) is 11.9 Å². The second-order valence-corrected chi connectivity index (χ2v) is 10.7. The molecule has 3 aromatic heterocycles. The number of nitrogen functional groups attached to an aromatic ring is 1. The molecule has 2 fully saturated rings. The number of pyridine rings is 1. The van der Waals surface area contributed by atoms with Crippen molar-refractivity contribution in [3.05, 3.63) is 72.3 Å². The number of rotatable bonds is 5. The lowest BCUT2D eigenvalue weighted by molar-refractivity contribution is -0.125. The number of nitrogens with zero attached hydrogens (tertiary/aromatic N) is 4.